The molecule has 0 atom stereocenters. The third-order valence-corrected chi connectivity index (χ3v) is 8.37. The number of hydrogen-bond donors (Lipinski definition) is 0. The monoisotopic (exact) mass is 536 g/mol. The molecule has 4 heteroatoms. The molecule has 0 N–H and O–H groups in total. The smallest absolute Gasteiger partial charge is 0.235 e. The van der Waals surface area contributed by atoms with Crippen LogP contribution >= 0.6 is 0 Å². The highest BCUT2D eigenvalue weighted by Crippen LogP contribution is 2.37. The normalized spacial score (nSPS) is 11.8. The SMILES string of the molecule is c1ccc(-n2c3ccccc3c3cc(-c4ccc5c(c4)c4ccccc4n5-c4ncc5ccccc5n4)ccc32)cc1. The topological polar surface area (TPSA) is 35.6 Å². The van der Waals surface area contributed by atoms with E-state index in [1.807, 2.05) is 30.5 Å². The maximum absolute atomic E-state index is 4.94. The van der Waals surface area contributed by atoms with Crippen LogP contribution in [-0.2, 0) is 0 Å². The van der Waals surface area contributed by atoms with E-state index in [1.165, 1.54) is 49.4 Å². The molecule has 0 spiro atoms. The minimum Gasteiger partial charge on any atom is -0.309 e. The molecule has 0 saturated heterocycles. The Bertz CT molecular complexity index is 2470. The molecule has 9 rings (SSSR count). The fraction of sp³-hybridized carbons (Fsp3) is 0. The molecule has 0 fully saturated rings. The Morgan fingerprint density at radius 3 is 1.69 bits per heavy atom. The summed E-state index contributed by atoms with van der Waals surface area (Å²) in [6.07, 6.45) is 1.91. The van der Waals surface area contributed by atoms with Crippen molar-refractivity contribution in [1.29, 1.82) is 0 Å². The Hall–Kier alpha value is -5.74. The van der Waals surface area contributed by atoms with Gasteiger partial charge in [-0.1, -0.05) is 84.9 Å². The number of rotatable bonds is 3. The van der Waals surface area contributed by atoms with E-state index in [1.54, 1.807) is 0 Å². The van der Waals surface area contributed by atoms with Gasteiger partial charge in [0.05, 0.1) is 27.6 Å². The zero-order valence-electron chi connectivity index (χ0n) is 22.6. The first-order chi connectivity index (χ1) is 20.8. The van der Waals surface area contributed by atoms with Crippen molar-refractivity contribution in [3.8, 4) is 22.8 Å². The van der Waals surface area contributed by atoms with Gasteiger partial charge in [-0.25, -0.2) is 9.97 Å². The predicted molar refractivity (Wildman–Crippen MR) is 174 cm³/mol. The molecule has 0 radical (unpaired) electrons. The largest absolute Gasteiger partial charge is 0.309 e. The van der Waals surface area contributed by atoms with Crippen LogP contribution in [0.5, 0.6) is 0 Å². The van der Waals surface area contributed by atoms with Crippen LogP contribution in [0.25, 0.3) is 77.3 Å². The molecule has 196 valence electrons. The average Bonchev–Trinajstić information content (AvgIpc) is 3.57. The van der Waals surface area contributed by atoms with Crippen LogP contribution in [0.2, 0.25) is 0 Å². The van der Waals surface area contributed by atoms with E-state index in [-0.39, 0.29) is 0 Å². The molecule has 0 aliphatic heterocycles. The van der Waals surface area contributed by atoms with Crippen molar-refractivity contribution in [2.24, 2.45) is 0 Å². The highest BCUT2D eigenvalue weighted by Gasteiger charge is 2.17. The molecule has 42 heavy (non-hydrogen) atoms. The lowest BCUT2D eigenvalue weighted by Crippen LogP contribution is -2.00. The van der Waals surface area contributed by atoms with Crippen molar-refractivity contribution in [2.75, 3.05) is 0 Å². The molecular formula is C38H24N4. The summed E-state index contributed by atoms with van der Waals surface area (Å²) in [7, 11) is 0. The first kappa shape index (κ1) is 23.0. The van der Waals surface area contributed by atoms with Crippen LogP contribution in [0.4, 0.5) is 0 Å². The lowest BCUT2D eigenvalue weighted by Gasteiger charge is -2.09. The molecule has 0 aliphatic carbocycles. The third-order valence-electron chi connectivity index (χ3n) is 8.37. The minimum atomic E-state index is 0.683. The fourth-order valence-corrected chi connectivity index (χ4v) is 6.45. The van der Waals surface area contributed by atoms with Gasteiger partial charge in [-0.15, -0.1) is 0 Å². The average molecular weight is 537 g/mol. The van der Waals surface area contributed by atoms with Crippen molar-refractivity contribution in [3.63, 3.8) is 0 Å². The van der Waals surface area contributed by atoms with E-state index >= 15 is 0 Å². The third kappa shape index (κ3) is 3.36. The number of benzene rings is 6. The first-order valence-corrected chi connectivity index (χ1v) is 14.2. The number of aromatic nitrogens is 4. The summed E-state index contributed by atoms with van der Waals surface area (Å²) in [5.74, 6) is 0.683. The Labute approximate surface area is 241 Å². The molecule has 0 aliphatic rings. The number of para-hydroxylation sites is 4. The maximum Gasteiger partial charge on any atom is 0.235 e. The summed E-state index contributed by atoms with van der Waals surface area (Å²) in [5, 5.41) is 5.91. The summed E-state index contributed by atoms with van der Waals surface area (Å²) >= 11 is 0. The van der Waals surface area contributed by atoms with Crippen molar-refractivity contribution in [1.82, 2.24) is 19.1 Å². The summed E-state index contributed by atoms with van der Waals surface area (Å²) in [6, 6.07) is 49.5. The number of nitrogens with zero attached hydrogens (tertiary/aromatic N) is 4. The number of hydrogen-bond acceptors (Lipinski definition) is 2. The molecule has 6 aromatic carbocycles. The molecule has 0 saturated carbocycles. The van der Waals surface area contributed by atoms with E-state index in [2.05, 4.69) is 124 Å². The zero-order valence-corrected chi connectivity index (χ0v) is 22.6. The summed E-state index contributed by atoms with van der Waals surface area (Å²) in [5.41, 5.74) is 9.09. The second-order valence-electron chi connectivity index (χ2n) is 10.7. The summed E-state index contributed by atoms with van der Waals surface area (Å²) in [4.78, 5) is 9.71. The molecule has 4 nitrogen and oxygen atoms in total. The Balaban J connectivity index is 1.26. The van der Waals surface area contributed by atoms with Gasteiger partial charge in [-0.2, -0.15) is 0 Å². The van der Waals surface area contributed by atoms with Crippen molar-refractivity contribution < 1.29 is 0 Å². The standard InChI is InChI=1S/C38H24N4/c1-2-11-28(12-3-1)41-34-16-8-5-13-29(34)31-22-25(18-20-36(31)41)26-19-21-37-32(23-26)30-14-6-9-17-35(30)42(37)38-39-24-27-10-4-7-15-33(27)40-38/h1-24H. The van der Waals surface area contributed by atoms with Gasteiger partial charge in [0.25, 0.3) is 0 Å². The van der Waals surface area contributed by atoms with Crippen LogP contribution in [-0.4, -0.2) is 19.1 Å². The van der Waals surface area contributed by atoms with Gasteiger partial charge in [-0.05, 0) is 65.7 Å². The van der Waals surface area contributed by atoms with Gasteiger partial charge in [0.2, 0.25) is 5.95 Å². The van der Waals surface area contributed by atoms with Crippen LogP contribution in [0.1, 0.15) is 0 Å². The molecule has 0 bridgehead atoms. The van der Waals surface area contributed by atoms with Crippen molar-refractivity contribution in [2.45, 2.75) is 0 Å². The highest BCUT2D eigenvalue weighted by atomic mass is 15.2. The lowest BCUT2D eigenvalue weighted by molar-refractivity contribution is 1.01. The van der Waals surface area contributed by atoms with Gasteiger partial charge in [0, 0.05) is 38.8 Å². The summed E-state index contributed by atoms with van der Waals surface area (Å²) in [6.45, 7) is 0. The van der Waals surface area contributed by atoms with Gasteiger partial charge in [0.15, 0.2) is 0 Å². The molecular weight excluding hydrogens is 512 g/mol. The minimum absolute atomic E-state index is 0.683. The van der Waals surface area contributed by atoms with Crippen LogP contribution < -0.4 is 0 Å². The molecule has 9 aromatic rings. The van der Waals surface area contributed by atoms with E-state index in [4.69, 9.17) is 9.97 Å². The van der Waals surface area contributed by atoms with E-state index in [0.717, 1.165) is 21.9 Å². The quantitative estimate of drug-likeness (QED) is 0.225. The van der Waals surface area contributed by atoms with E-state index in [0.29, 0.717) is 5.95 Å². The Kier molecular flexibility index (Phi) is 4.87. The van der Waals surface area contributed by atoms with E-state index in [9.17, 15) is 0 Å². The van der Waals surface area contributed by atoms with Gasteiger partial charge < -0.3 is 4.57 Å². The van der Waals surface area contributed by atoms with Crippen LogP contribution in [0, 0.1) is 0 Å². The zero-order chi connectivity index (χ0) is 27.6. The van der Waals surface area contributed by atoms with Gasteiger partial charge in [-0.3, -0.25) is 4.57 Å². The van der Waals surface area contributed by atoms with Crippen molar-refractivity contribution >= 4 is 54.5 Å². The van der Waals surface area contributed by atoms with Crippen LogP contribution in [0.3, 0.4) is 0 Å². The van der Waals surface area contributed by atoms with Crippen molar-refractivity contribution in [3.05, 3.63) is 146 Å². The predicted octanol–water partition coefficient (Wildman–Crippen LogP) is 9.49. The first-order valence-electron chi connectivity index (χ1n) is 14.2. The fourth-order valence-electron chi connectivity index (χ4n) is 6.45. The Morgan fingerprint density at radius 2 is 0.976 bits per heavy atom. The second kappa shape index (κ2) is 8.88. The lowest BCUT2D eigenvalue weighted by atomic mass is 10.0. The molecule has 3 aromatic heterocycles. The maximum atomic E-state index is 4.94. The second-order valence-corrected chi connectivity index (χ2v) is 10.7. The highest BCUT2D eigenvalue weighted by molar-refractivity contribution is 6.12. The molecule has 0 unspecified atom stereocenters. The molecule has 0 amide bonds. The number of fused-ring (bicyclic) bond motifs is 7. The van der Waals surface area contributed by atoms with E-state index < -0.39 is 0 Å². The molecule has 3 heterocycles. The van der Waals surface area contributed by atoms with Crippen LogP contribution in [0.15, 0.2) is 146 Å². The van der Waals surface area contributed by atoms with Gasteiger partial charge >= 0.3 is 0 Å². The Morgan fingerprint density at radius 1 is 0.429 bits per heavy atom. The summed E-state index contributed by atoms with van der Waals surface area (Å²) < 4.78 is 4.53. The van der Waals surface area contributed by atoms with Gasteiger partial charge in [0.1, 0.15) is 0 Å².